The summed E-state index contributed by atoms with van der Waals surface area (Å²) in [6.07, 6.45) is 5.34. The van der Waals surface area contributed by atoms with Crippen molar-refractivity contribution in [1.82, 2.24) is 10.2 Å². The topological polar surface area (TPSA) is 32.3 Å². The molecule has 0 aromatic carbocycles. The molecule has 0 unspecified atom stereocenters. The summed E-state index contributed by atoms with van der Waals surface area (Å²) in [6, 6.07) is 0. The lowest BCUT2D eigenvalue weighted by Gasteiger charge is -2.14. The van der Waals surface area contributed by atoms with Crippen LogP contribution in [0.25, 0.3) is 0 Å². The lowest BCUT2D eigenvalue weighted by molar-refractivity contribution is -0.118. The third-order valence-electron chi connectivity index (χ3n) is 1.92. The predicted molar refractivity (Wildman–Crippen MR) is 57.6 cm³/mol. The van der Waals surface area contributed by atoms with Crippen molar-refractivity contribution in [1.29, 1.82) is 0 Å². The van der Waals surface area contributed by atoms with Crippen molar-refractivity contribution in [3.63, 3.8) is 0 Å². The summed E-state index contributed by atoms with van der Waals surface area (Å²) < 4.78 is 0. The van der Waals surface area contributed by atoms with Crippen LogP contribution >= 0.6 is 11.6 Å². The maximum absolute atomic E-state index is 10.9. The highest BCUT2D eigenvalue weighted by Gasteiger charge is 2.17. The zero-order chi connectivity index (χ0) is 10.6. The number of carbonyl (C=O) groups is 1. The Morgan fingerprint density at radius 2 is 2.36 bits per heavy atom. The molecule has 76 valence electrons. The van der Waals surface area contributed by atoms with E-state index in [1.54, 1.807) is 18.2 Å². The van der Waals surface area contributed by atoms with Crippen molar-refractivity contribution in [3.05, 3.63) is 35.5 Å². The maximum atomic E-state index is 10.9. The van der Waals surface area contributed by atoms with Gasteiger partial charge in [0, 0.05) is 10.7 Å². The minimum absolute atomic E-state index is 0.0247. The van der Waals surface area contributed by atoms with Crippen LogP contribution in [0.2, 0.25) is 0 Å². The Hall–Kier alpha value is -1.22. The van der Waals surface area contributed by atoms with E-state index in [4.69, 9.17) is 11.6 Å². The van der Waals surface area contributed by atoms with Gasteiger partial charge in [0.25, 0.3) is 0 Å². The number of rotatable bonds is 3. The van der Waals surface area contributed by atoms with Crippen molar-refractivity contribution >= 4 is 17.5 Å². The Kier molecular flexibility index (Phi) is 3.77. The second-order valence-corrected chi connectivity index (χ2v) is 3.39. The first-order valence-corrected chi connectivity index (χ1v) is 4.71. The molecule has 0 saturated carbocycles. The Labute approximate surface area is 88.7 Å². The minimum atomic E-state index is 0.0247. The Bertz CT molecular complexity index is 307. The number of allylic oxidation sites excluding steroid dienone is 4. The molecular weight excluding hydrogens is 200 g/mol. The molecule has 14 heavy (non-hydrogen) atoms. The normalized spacial score (nSPS) is 17.7. The molecule has 0 aromatic heterocycles. The van der Waals surface area contributed by atoms with Crippen molar-refractivity contribution in [2.45, 2.75) is 6.92 Å². The van der Waals surface area contributed by atoms with Crippen LogP contribution in [0.4, 0.5) is 0 Å². The molecule has 0 atom stereocenters. The molecule has 0 aromatic rings. The SMILES string of the molecule is C=C(/C=C\C(Cl)=C/C)N1CNC(=O)C1. The summed E-state index contributed by atoms with van der Waals surface area (Å²) >= 11 is 5.78. The summed E-state index contributed by atoms with van der Waals surface area (Å²) in [7, 11) is 0. The average molecular weight is 213 g/mol. The summed E-state index contributed by atoms with van der Waals surface area (Å²) in [6.45, 7) is 6.59. The van der Waals surface area contributed by atoms with Gasteiger partial charge in [-0.25, -0.2) is 0 Å². The zero-order valence-electron chi connectivity index (χ0n) is 8.09. The van der Waals surface area contributed by atoms with E-state index in [1.807, 2.05) is 11.8 Å². The van der Waals surface area contributed by atoms with Crippen LogP contribution in [0, 0.1) is 0 Å². The number of amides is 1. The van der Waals surface area contributed by atoms with Crippen LogP contribution in [0.15, 0.2) is 35.5 Å². The predicted octanol–water partition coefficient (Wildman–Crippen LogP) is 1.59. The lowest BCUT2D eigenvalue weighted by atomic mass is 10.3. The van der Waals surface area contributed by atoms with E-state index in [-0.39, 0.29) is 5.91 Å². The number of carbonyl (C=O) groups excluding carboxylic acids is 1. The molecule has 1 heterocycles. The van der Waals surface area contributed by atoms with Crippen LogP contribution in [0.3, 0.4) is 0 Å². The van der Waals surface area contributed by atoms with Crippen LogP contribution in [-0.2, 0) is 4.79 Å². The highest BCUT2D eigenvalue weighted by Crippen LogP contribution is 2.09. The van der Waals surface area contributed by atoms with Crippen LogP contribution in [0.5, 0.6) is 0 Å². The largest absolute Gasteiger partial charge is 0.345 e. The quantitative estimate of drug-likeness (QED) is 0.721. The van der Waals surface area contributed by atoms with Gasteiger partial charge in [0.05, 0.1) is 13.2 Å². The van der Waals surface area contributed by atoms with Gasteiger partial charge in [0.2, 0.25) is 5.91 Å². The molecule has 1 amide bonds. The first kappa shape index (κ1) is 10.9. The number of hydrogen-bond acceptors (Lipinski definition) is 2. The number of nitrogens with one attached hydrogen (secondary N) is 1. The van der Waals surface area contributed by atoms with E-state index in [9.17, 15) is 4.79 Å². The van der Waals surface area contributed by atoms with E-state index in [0.29, 0.717) is 18.2 Å². The third-order valence-corrected chi connectivity index (χ3v) is 2.26. The molecule has 0 bridgehead atoms. The molecule has 0 radical (unpaired) electrons. The van der Waals surface area contributed by atoms with Gasteiger partial charge in [-0.05, 0) is 19.1 Å². The van der Waals surface area contributed by atoms with Crippen molar-refractivity contribution in [2.75, 3.05) is 13.2 Å². The zero-order valence-corrected chi connectivity index (χ0v) is 8.84. The fourth-order valence-corrected chi connectivity index (χ4v) is 1.11. The molecule has 1 rings (SSSR count). The molecular formula is C10H13ClN2O. The summed E-state index contributed by atoms with van der Waals surface area (Å²) in [5.74, 6) is 0.0247. The van der Waals surface area contributed by atoms with Gasteiger partial charge in [0.15, 0.2) is 0 Å². The van der Waals surface area contributed by atoms with Gasteiger partial charge >= 0.3 is 0 Å². The van der Waals surface area contributed by atoms with Gasteiger partial charge in [-0.1, -0.05) is 24.3 Å². The molecule has 0 aliphatic carbocycles. The molecule has 4 heteroatoms. The van der Waals surface area contributed by atoms with E-state index in [0.717, 1.165) is 5.70 Å². The second kappa shape index (κ2) is 4.86. The first-order valence-electron chi connectivity index (χ1n) is 4.34. The average Bonchev–Trinajstić information content (AvgIpc) is 2.60. The Morgan fingerprint density at radius 3 is 2.86 bits per heavy atom. The van der Waals surface area contributed by atoms with Crippen molar-refractivity contribution < 1.29 is 4.79 Å². The van der Waals surface area contributed by atoms with E-state index >= 15 is 0 Å². The van der Waals surface area contributed by atoms with Crippen molar-refractivity contribution in [2.24, 2.45) is 0 Å². The summed E-state index contributed by atoms with van der Waals surface area (Å²) in [5.41, 5.74) is 0.781. The number of halogens is 1. The molecule has 3 nitrogen and oxygen atoms in total. The van der Waals surface area contributed by atoms with Gasteiger partial charge in [-0.15, -0.1) is 0 Å². The van der Waals surface area contributed by atoms with Gasteiger partial charge in [-0.3, -0.25) is 4.79 Å². The highest BCUT2D eigenvalue weighted by atomic mass is 35.5. The van der Waals surface area contributed by atoms with E-state index < -0.39 is 0 Å². The molecule has 1 aliphatic rings. The van der Waals surface area contributed by atoms with Gasteiger partial charge < -0.3 is 10.2 Å². The maximum Gasteiger partial charge on any atom is 0.240 e. The van der Waals surface area contributed by atoms with E-state index in [2.05, 4.69) is 11.9 Å². The first-order chi connectivity index (χ1) is 6.63. The third kappa shape index (κ3) is 2.92. The minimum Gasteiger partial charge on any atom is -0.345 e. The number of hydrogen-bond donors (Lipinski definition) is 1. The molecule has 1 aliphatic heterocycles. The Balaban J connectivity index is 2.50. The standard InChI is InChI=1S/C10H13ClN2O/c1-3-9(11)5-4-8(2)13-6-10(14)12-7-13/h3-5H,2,6-7H2,1H3,(H,12,14)/b5-4-,9-3+. The smallest absolute Gasteiger partial charge is 0.240 e. The monoisotopic (exact) mass is 212 g/mol. The molecule has 0 spiro atoms. The molecule has 1 saturated heterocycles. The highest BCUT2D eigenvalue weighted by molar-refractivity contribution is 6.31. The summed E-state index contributed by atoms with van der Waals surface area (Å²) in [4.78, 5) is 12.7. The molecule has 1 N–H and O–H groups in total. The second-order valence-electron chi connectivity index (χ2n) is 2.95. The summed E-state index contributed by atoms with van der Waals surface area (Å²) in [5, 5.41) is 3.35. The fourth-order valence-electron chi connectivity index (χ4n) is 1.05. The van der Waals surface area contributed by atoms with Crippen LogP contribution in [0.1, 0.15) is 6.92 Å². The van der Waals surface area contributed by atoms with Crippen molar-refractivity contribution in [3.8, 4) is 0 Å². The van der Waals surface area contributed by atoms with Crippen LogP contribution < -0.4 is 5.32 Å². The van der Waals surface area contributed by atoms with E-state index in [1.165, 1.54) is 0 Å². The number of nitrogens with zero attached hydrogens (tertiary/aromatic N) is 1. The Morgan fingerprint density at radius 1 is 1.64 bits per heavy atom. The lowest BCUT2D eigenvalue weighted by Crippen LogP contribution is -2.19. The van der Waals surface area contributed by atoms with Crippen LogP contribution in [-0.4, -0.2) is 24.0 Å². The fraction of sp³-hybridized carbons (Fsp3) is 0.300. The van der Waals surface area contributed by atoms with Gasteiger partial charge in [0.1, 0.15) is 0 Å². The van der Waals surface area contributed by atoms with Gasteiger partial charge in [-0.2, -0.15) is 0 Å². The molecule has 1 fully saturated rings.